The predicted octanol–water partition coefficient (Wildman–Crippen LogP) is 3.44. The molecule has 0 saturated heterocycles. The van der Waals surface area contributed by atoms with Gasteiger partial charge in [-0.2, -0.15) is 13.2 Å². The van der Waals surface area contributed by atoms with E-state index in [0.717, 1.165) is 29.5 Å². The highest BCUT2D eigenvalue weighted by Gasteiger charge is 2.36. The fourth-order valence-electron chi connectivity index (χ4n) is 2.95. The van der Waals surface area contributed by atoms with Gasteiger partial charge < -0.3 is 5.11 Å². The van der Waals surface area contributed by atoms with E-state index in [1.165, 1.54) is 4.90 Å². The first-order chi connectivity index (χ1) is 9.44. The molecule has 5 heteroatoms. The second-order valence-electron chi connectivity index (χ2n) is 5.33. The molecule has 0 saturated carbocycles. The van der Waals surface area contributed by atoms with Crippen LogP contribution in [0.5, 0.6) is 0 Å². The van der Waals surface area contributed by atoms with Gasteiger partial charge in [0.05, 0.1) is 13.2 Å². The first kappa shape index (κ1) is 15.3. The molecule has 1 N–H and O–H groups in total. The number of benzene rings is 1. The average molecular weight is 287 g/mol. The van der Waals surface area contributed by atoms with Crippen molar-refractivity contribution in [2.24, 2.45) is 0 Å². The summed E-state index contributed by atoms with van der Waals surface area (Å²) >= 11 is 0. The molecule has 0 fully saturated rings. The Hall–Kier alpha value is -1.07. The molecule has 1 heterocycles. The van der Waals surface area contributed by atoms with Crippen LogP contribution in [0, 0.1) is 0 Å². The number of hydrogen-bond acceptors (Lipinski definition) is 2. The third-order valence-corrected chi connectivity index (χ3v) is 3.80. The molecule has 0 bridgehead atoms. The van der Waals surface area contributed by atoms with Crippen molar-refractivity contribution in [2.75, 3.05) is 13.1 Å². The van der Waals surface area contributed by atoms with Gasteiger partial charge in [-0.25, -0.2) is 0 Å². The molecule has 0 aliphatic carbocycles. The lowest BCUT2D eigenvalue weighted by molar-refractivity contribution is -0.152. The fourth-order valence-corrected chi connectivity index (χ4v) is 2.95. The lowest BCUT2D eigenvalue weighted by atomic mass is 9.89. The molecule has 0 spiro atoms. The molecule has 20 heavy (non-hydrogen) atoms. The van der Waals surface area contributed by atoms with Crippen LogP contribution in [0.4, 0.5) is 13.2 Å². The highest BCUT2D eigenvalue weighted by Crippen LogP contribution is 2.35. The number of fused-ring (bicyclic) bond motifs is 1. The maximum Gasteiger partial charge on any atom is 0.401 e. The SMILES string of the molecule is CCCC1c2ccc(CO)cc2CCN1CC(F)(F)F. The molecule has 2 nitrogen and oxygen atoms in total. The Kier molecular flexibility index (Phi) is 4.70. The van der Waals surface area contributed by atoms with Gasteiger partial charge in [0.15, 0.2) is 0 Å². The summed E-state index contributed by atoms with van der Waals surface area (Å²) in [7, 11) is 0. The predicted molar refractivity (Wildman–Crippen MR) is 71.3 cm³/mol. The first-order valence-corrected chi connectivity index (χ1v) is 6.98. The molecule has 0 radical (unpaired) electrons. The lowest BCUT2D eigenvalue weighted by Gasteiger charge is -2.38. The van der Waals surface area contributed by atoms with Crippen molar-refractivity contribution in [1.82, 2.24) is 4.90 Å². The largest absolute Gasteiger partial charge is 0.401 e. The molecule has 1 aliphatic heterocycles. The average Bonchev–Trinajstić information content (AvgIpc) is 2.39. The Labute approximate surface area is 117 Å². The fraction of sp³-hybridized carbons (Fsp3) is 0.600. The van der Waals surface area contributed by atoms with Gasteiger partial charge in [-0.3, -0.25) is 4.90 Å². The first-order valence-electron chi connectivity index (χ1n) is 6.98. The second-order valence-corrected chi connectivity index (χ2v) is 5.33. The molecule has 112 valence electrons. The van der Waals surface area contributed by atoms with E-state index in [1.807, 2.05) is 19.1 Å². The Morgan fingerprint density at radius 1 is 1.35 bits per heavy atom. The van der Waals surface area contributed by atoms with Crippen molar-refractivity contribution in [3.05, 3.63) is 34.9 Å². The Morgan fingerprint density at radius 3 is 2.70 bits per heavy atom. The van der Waals surface area contributed by atoms with Crippen molar-refractivity contribution in [3.63, 3.8) is 0 Å². The van der Waals surface area contributed by atoms with Crippen LogP contribution < -0.4 is 0 Å². The van der Waals surface area contributed by atoms with Crippen LogP contribution in [0.15, 0.2) is 18.2 Å². The van der Waals surface area contributed by atoms with Gasteiger partial charge in [0.25, 0.3) is 0 Å². The summed E-state index contributed by atoms with van der Waals surface area (Å²) in [5.41, 5.74) is 2.89. The standard InChI is InChI=1S/C15H20F3NO/c1-2-3-14-13-5-4-11(9-20)8-12(13)6-7-19(14)10-15(16,17)18/h4-5,8,14,20H,2-3,6-7,9-10H2,1H3. The summed E-state index contributed by atoms with van der Waals surface area (Å²) < 4.78 is 38.0. The Bertz CT molecular complexity index is 459. The summed E-state index contributed by atoms with van der Waals surface area (Å²) in [6.45, 7) is 1.53. The van der Waals surface area contributed by atoms with Crippen molar-refractivity contribution in [1.29, 1.82) is 0 Å². The lowest BCUT2D eigenvalue weighted by Crippen LogP contribution is -2.41. The third kappa shape index (κ3) is 3.52. The van der Waals surface area contributed by atoms with Crippen molar-refractivity contribution >= 4 is 0 Å². The summed E-state index contributed by atoms with van der Waals surface area (Å²) in [5, 5.41) is 9.15. The summed E-state index contributed by atoms with van der Waals surface area (Å²) in [6, 6.07) is 5.43. The number of aliphatic hydroxyl groups excluding tert-OH is 1. The van der Waals surface area contributed by atoms with E-state index >= 15 is 0 Å². The quantitative estimate of drug-likeness (QED) is 0.917. The van der Waals surface area contributed by atoms with Gasteiger partial charge in [-0.05, 0) is 29.5 Å². The zero-order valence-electron chi connectivity index (χ0n) is 11.6. The molecule has 1 atom stereocenters. The van der Waals surface area contributed by atoms with E-state index in [0.29, 0.717) is 13.0 Å². The van der Waals surface area contributed by atoms with Crippen molar-refractivity contribution in [3.8, 4) is 0 Å². The molecule has 1 aliphatic rings. The third-order valence-electron chi connectivity index (χ3n) is 3.80. The minimum atomic E-state index is -4.16. The molecule has 0 aromatic heterocycles. The normalized spacial score (nSPS) is 19.9. The smallest absolute Gasteiger partial charge is 0.392 e. The van der Waals surface area contributed by atoms with E-state index in [1.54, 1.807) is 6.07 Å². The van der Waals surface area contributed by atoms with Gasteiger partial charge >= 0.3 is 6.18 Å². The highest BCUT2D eigenvalue weighted by atomic mass is 19.4. The minimum absolute atomic E-state index is 0.0298. The van der Waals surface area contributed by atoms with Gasteiger partial charge in [-0.15, -0.1) is 0 Å². The monoisotopic (exact) mass is 287 g/mol. The highest BCUT2D eigenvalue weighted by molar-refractivity contribution is 5.36. The van der Waals surface area contributed by atoms with Crippen LogP contribution in [-0.4, -0.2) is 29.3 Å². The zero-order chi connectivity index (χ0) is 14.8. The van der Waals surface area contributed by atoms with E-state index in [2.05, 4.69) is 0 Å². The summed E-state index contributed by atoms with van der Waals surface area (Å²) in [4.78, 5) is 1.53. The number of rotatable bonds is 4. The van der Waals surface area contributed by atoms with Crippen LogP contribution in [0.25, 0.3) is 0 Å². The maximum atomic E-state index is 12.7. The van der Waals surface area contributed by atoms with Crippen LogP contribution in [0.2, 0.25) is 0 Å². The minimum Gasteiger partial charge on any atom is -0.392 e. The number of halogens is 3. The summed E-state index contributed by atoms with van der Waals surface area (Å²) in [6.07, 6.45) is -1.98. The number of alkyl halides is 3. The molecule has 1 aromatic rings. The van der Waals surface area contributed by atoms with Crippen LogP contribution in [-0.2, 0) is 13.0 Å². The van der Waals surface area contributed by atoms with Gasteiger partial charge in [-0.1, -0.05) is 31.5 Å². The molecular weight excluding hydrogens is 267 g/mol. The van der Waals surface area contributed by atoms with E-state index < -0.39 is 12.7 Å². The van der Waals surface area contributed by atoms with E-state index in [9.17, 15) is 13.2 Å². The van der Waals surface area contributed by atoms with E-state index in [4.69, 9.17) is 5.11 Å². The van der Waals surface area contributed by atoms with Gasteiger partial charge in [0.2, 0.25) is 0 Å². The molecule has 1 unspecified atom stereocenters. The van der Waals surface area contributed by atoms with Crippen LogP contribution in [0.1, 0.15) is 42.5 Å². The van der Waals surface area contributed by atoms with Gasteiger partial charge in [0.1, 0.15) is 0 Å². The van der Waals surface area contributed by atoms with Crippen molar-refractivity contribution < 1.29 is 18.3 Å². The molecular formula is C15H20F3NO. The molecule has 0 amide bonds. The Balaban J connectivity index is 2.27. The molecule has 1 aromatic carbocycles. The second kappa shape index (κ2) is 6.14. The van der Waals surface area contributed by atoms with Crippen molar-refractivity contribution in [2.45, 2.75) is 45.0 Å². The van der Waals surface area contributed by atoms with Crippen LogP contribution >= 0.6 is 0 Å². The summed E-state index contributed by atoms with van der Waals surface area (Å²) in [5.74, 6) is 0. The Morgan fingerprint density at radius 2 is 2.10 bits per heavy atom. The van der Waals surface area contributed by atoms with E-state index in [-0.39, 0.29) is 12.6 Å². The molecule has 2 rings (SSSR count). The number of hydrogen-bond donors (Lipinski definition) is 1. The number of aliphatic hydroxyl groups is 1. The maximum absolute atomic E-state index is 12.7. The van der Waals surface area contributed by atoms with Crippen LogP contribution in [0.3, 0.4) is 0 Å². The topological polar surface area (TPSA) is 23.5 Å². The van der Waals surface area contributed by atoms with Gasteiger partial charge in [0, 0.05) is 12.6 Å². The zero-order valence-corrected chi connectivity index (χ0v) is 11.6. The number of nitrogens with zero attached hydrogens (tertiary/aromatic N) is 1.